The Morgan fingerprint density at radius 1 is 1.00 bits per heavy atom. The second kappa shape index (κ2) is 11.0. The molecular formula is C20H23NO5S2. The first-order valence-electron chi connectivity index (χ1n) is 8.99. The van der Waals surface area contributed by atoms with Crippen LogP contribution in [0.2, 0.25) is 0 Å². The van der Waals surface area contributed by atoms with Crippen molar-refractivity contribution in [2.24, 2.45) is 5.16 Å². The van der Waals surface area contributed by atoms with Gasteiger partial charge in [0.25, 0.3) is 0 Å². The van der Waals surface area contributed by atoms with Gasteiger partial charge in [-0.3, -0.25) is 9.35 Å². The summed E-state index contributed by atoms with van der Waals surface area (Å²) >= 11 is 1.57. The van der Waals surface area contributed by atoms with Crippen LogP contribution in [0.25, 0.3) is 0 Å². The molecule has 0 saturated heterocycles. The van der Waals surface area contributed by atoms with Crippen molar-refractivity contribution >= 4 is 33.7 Å². The van der Waals surface area contributed by atoms with Gasteiger partial charge in [0.1, 0.15) is 5.71 Å². The van der Waals surface area contributed by atoms with E-state index >= 15 is 0 Å². The van der Waals surface area contributed by atoms with Gasteiger partial charge in [-0.25, -0.2) is 4.28 Å². The molecule has 0 aliphatic heterocycles. The molecule has 0 spiro atoms. The summed E-state index contributed by atoms with van der Waals surface area (Å²) in [4.78, 5) is 14.8. The summed E-state index contributed by atoms with van der Waals surface area (Å²) in [5, 5.41) is 3.38. The van der Waals surface area contributed by atoms with E-state index in [0.29, 0.717) is 12.0 Å². The molecule has 0 aliphatic rings. The Bertz CT molecular complexity index is 894. The van der Waals surface area contributed by atoms with E-state index in [1.165, 1.54) is 0 Å². The zero-order chi connectivity index (χ0) is 20.4. The maximum absolute atomic E-state index is 12.7. The normalized spacial score (nSPS) is 12.0. The van der Waals surface area contributed by atoms with E-state index in [0.717, 1.165) is 29.1 Å². The SMILES string of the molecule is CCCCCC/C(=N\OS(=O)(=O)O)C(=O)c1ccc(Sc2ccccc2)cc1. The minimum Gasteiger partial charge on any atom is -0.287 e. The minimum absolute atomic E-state index is 0.0304. The van der Waals surface area contributed by atoms with Gasteiger partial charge < -0.3 is 0 Å². The van der Waals surface area contributed by atoms with Gasteiger partial charge in [0.2, 0.25) is 5.78 Å². The van der Waals surface area contributed by atoms with Crippen LogP contribution in [0, 0.1) is 0 Å². The number of unbranched alkanes of at least 4 members (excludes halogenated alkanes) is 3. The predicted octanol–water partition coefficient (Wildman–Crippen LogP) is 5.17. The van der Waals surface area contributed by atoms with Crippen molar-refractivity contribution < 1.29 is 22.0 Å². The number of ketones is 1. The highest BCUT2D eigenvalue weighted by atomic mass is 32.3. The predicted molar refractivity (Wildman–Crippen MR) is 110 cm³/mol. The van der Waals surface area contributed by atoms with Crippen LogP contribution in [0.1, 0.15) is 49.4 Å². The van der Waals surface area contributed by atoms with E-state index in [4.69, 9.17) is 4.55 Å². The minimum atomic E-state index is -4.75. The monoisotopic (exact) mass is 421 g/mol. The number of carbonyl (C=O) groups excluding carboxylic acids is 1. The highest BCUT2D eigenvalue weighted by molar-refractivity contribution is 7.99. The number of benzene rings is 2. The van der Waals surface area contributed by atoms with Crippen LogP contribution in [-0.4, -0.2) is 24.5 Å². The molecule has 0 aromatic heterocycles. The number of Topliss-reactive ketones (excluding diaryl/α,β-unsaturated/α-hetero) is 1. The molecule has 2 aromatic carbocycles. The van der Waals surface area contributed by atoms with Crippen LogP contribution in [-0.2, 0) is 14.7 Å². The van der Waals surface area contributed by atoms with Gasteiger partial charge in [-0.2, -0.15) is 8.42 Å². The van der Waals surface area contributed by atoms with Crippen LogP contribution < -0.4 is 0 Å². The van der Waals surface area contributed by atoms with Crippen molar-refractivity contribution in [2.45, 2.75) is 48.8 Å². The second-order valence-corrected chi connectivity index (χ2v) is 8.27. The van der Waals surface area contributed by atoms with Gasteiger partial charge in [0.05, 0.1) is 0 Å². The Morgan fingerprint density at radius 3 is 2.25 bits per heavy atom. The van der Waals surface area contributed by atoms with Crippen molar-refractivity contribution in [3.05, 3.63) is 60.2 Å². The number of oxime groups is 1. The van der Waals surface area contributed by atoms with Crippen molar-refractivity contribution in [3.63, 3.8) is 0 Å². The first-order chi connectivity index (χ1) is 13.4. The molecule has 2 aromatic rings. The summed E-state index contributed by atoms with van der Waals surface area (Å²) in [6.07, 6.45) is 3.87. The van der Waals surface area contributed by atoms with E-state index in [1.54, 1.807) is 23.9 Å². The number of hydrogen-bond donors (Lipinski definition) is 1. The molecule has 0 radical (unpaired) electrons. The van der Waals surface area contributed by atoms with E-state index in [2.05, 4.69) is 16.4 Å². The average Bonchev–Trinajstić information content (AvgIpc) is 2.67. The van der Waals surface area contributed by atoms with Crippen LogP contribution in [0.4, 0.5) is 0 Å². The number of rotatable bonds is 11. The lowest BCUT2D eigenvalue weighted by molar-refractivity contribution is 0.106. The molecule has 0 fully saturated rings. The quantitative estimate of drug-likeness (QED) is 0.177. The molecule has 0 amide bonds. The number of hydrogen-bond acceptors (Lipinski definition) is 6. The molecule has 0 atom stereocenters. The lowest BCUT2D eigenvalue weighted by Crippen LogP contribution is -2.16. The van der Waals surface area contributed by atoms with Crippen LogP contribution in [0.5, 0.6) is 0 Å². The molecule has 1 N–H and O–H groups in total. The Hall–Kier alpha value is -2.16. The van der Waals surface area contributed by atoms with Crippen molar-refractivity contribution in [1.82, 2.24) is 0 Å². The highest BCUT2D eigenvalue weighted by Gasteiger charge is 2.17. The topological polar surface area (TPSA) is 93.0 Å². The molecule has 2 rings (SSSR count). The summed E-state index contributed by atoms with van der Waals surface area (Å²) in [6, 6.07) is 16.8. The second-order valence-electron chi connectivity index (χ2n) is 6.12. The van der Waals surface area contributed by atoms with Gasteiger partial charge >= 0.3 is 10.4 Å². The number of nitrogens with zero attached hydrogens (tertiary/aromatic N) is 1. The zero-order valence-electron chi connectivity index (χ0n) is 15.6. The Kier molecular flexibility index (Phi) is 8.69. The summed E-state index contributed by atoms with van der Waals surface area (Å²) in [7, 11) is -4.75. The molecule has 0 saturated carbocycles. The fraction of sp³-hybridized carbons (Fsp3) is 0.300. The Morgan fingerprint density at radius 2 is 1.64 bits per heavy atom. The number of carbonyl (C=O) groups is 1. The molecular weight excluding hydrogens is 398 g/mol. The first-order valence-corrected chi connectivity index (χ1v) is 11.2. The molecule has 0 aliphatic carbocycles. The summed E-state index contributed by atoms with van der Waals surface area (Å²) < 4.78 is 34.4. The van der Waals surface area contributed by atoms with Gasteiger partial charge in [-0.15, -0.1) is 0 Å². The standard InChI is InChI=1S/C20H23NO5S2/c1-2-3-4-8-11-19(21-26-28(23,24)25)20(22)16-12-14-18(15-13-16)27-17-9-6-5-7-10-17/h5-7,9-10,12-15H,2-4,8,11H2,1H3,(H,23,24,25)/b21-19+. The van der Waals surface area contributed by atoms with Crippen molar-refractivity contribution in [1.29, 1.82) is 0 Å². The first kappa shape index (κ1) is 22.1. The lowest BCUT2D eigenvalue weighted by atomic mass is 10.0. The fourth-order valence-electron chi connectivity index (χ4n) is 2.48. The molecule has 0 heterocycles. The third-order valence-corrected chi connectivity index (χ3v) is 5.14. The maximum Gasteiger partial charge on any atom is 0.466 e. The van der Waals surface area contributed by atoms with Crippen LogP contribution in [0.15, 0.2) is 69.5 Å². The van der Waals surface area contributed by atoms with Crippen molar-refractivity contribution in [2.75, 3.05) is 0 Å². The van der Waals surface area contributed by atoms with E-state index < -0.39 is 16.2 Å². The third kappa shape index (κ3) is 7.84. The summed E-state index contributed by atoms with van der Waals surface area (Å²) in [5.41, 5.74) is 0.350. The summed E-state index contributed by atoms with van der Waals surface area (Å²) in [6.45, 7) is 2.07. The third-order valence-electron chi connectivity index (χ3n) is 3.87. The van der Waals surface area contributed by atoms with Crippen LogP contribution in [0.3, 0.4) is 0 Å². The largest absolute Gasteiger partial charge is 0.466 e. The average molecular weight is 422 g/mol. The molecule has 0 bridgehead atoms. The van der Waals surface area contributed by atoms with E-state index in [-0.39, 0.29) is 12.1 Å². The lowest BCUT2D eigenvalue weighted by Gasteiger charge is -2.07. The maximum atomic E-state index is 12.7. The molecule has 150 valence electrons. The Labute approximate surface area is 169 Å². The molecule has 8 heteroatoms. The van der Waals surface area contributed by atoms with Crippen molar-refractivity contribution in [3.8, 4) is 0 Å². The van der Waals surface area contributed by atoms with Gasteiger partial charge in [0.15, 0.2) is 0 Å². The van der Waals surface area contributed by atoms with E-state index in [9.17, 15) is 13.2 Å². The smallest absolute Gasteiger partial charge is 0.287 e. The van der Waals surface area contributed by atoms with Crippen LogP contribution >= 0.6 is 11.8 Å². The van der Waals surface area contributed by atoms with Gasteiger partial charge in [-0.05, 0) is 49.2 Å². The molecule has 0 unspecified atom stereocenters. The fourth-order valence-corrected chi connectivity index (χ4v) is 3.50. The molecule has 28 heavy (non-hydrogen) atoms. The van der Waals surface area contributed by atoms with Gasteiger partial charge in [0, 0.05) is 15.4 Å². The highest BCUT2D eigenvalue weighted by Crippen LogP contribution is 2.27. The Balaban J connectivity index is 2.11. The summed E-state index contributed by atoms with van der Waals surface area (Å²) in [5.74, 6) is -0.420. The van der Waals surface area contributed by atoms with E-state index in [1.807, 2.05) is 42.5 Å². The molecule has 6 nitrogen and oxygen atoms in total. The zero-order valence-corrected chi connectivity index (χ0v) is 17.2. The van der Waals surface area contributed by atoms with Gasteiger partial charge in [-0.1, -0.05) is 61.3 Å².